The van der Waals surface area contributed by atoms with Crippen molar-refractivity contribution in [1.29, 1.82) is 0 Å². The summed E-state index contributed by atoms with van der Waals surface area (Å²) in [5, 5.41) is 12.9. The van der Waals surface area contributed by atoms with E-state index in [0.29, 0.717) is 19.4 Å². The number of hydrogen-bond donors (Lipinski definition) is 1. The van der Waals surface area contributed by atoms with E-state index < -0.39 is 0 Å². The minimum atomic E-state index is -0.390. The number of thiazole rings is 1. The molecule has 18 heavy (non-hydrogen) atoms. The SMILES string of the molecule is Cc1csc(CC(O)CCOc2ccccc2)n1. The Balaban J connectivity index is 1.70. The number of hydrogen-bond acceptors (Lipinski definition) is 4. The Kier molecular flexibility index (Phi) is 4.73. The van der Waals surface area contributed by atoms with Crippen molar-refractivity contribution in [2.75, 3.05) is 6.61 Å². The lowest BCUT2D eigenvalue weighted by molar-refractivity contribution is 0.139. The molecule has 0 fully saturated rings. The minimum absolute atomic E-state index is 0.390. The predicted molar refractivity (Wildman–Crippen MR) is 73.1 cm³/mol. The molecule has 3 nitrogen and oxygen atoms in total. The summed E-state index contributed by atoms with van der Waals surface area (Å²) in [6.07, 6.45) is 0.837. The molecule has 0 bridgehead atoms. The molecule has 2 rings (SSSR count). The average Bonchev–Trinajstić information content (AvgIpc) is 2.76. The second kappa shape index (κ2) is 6.52. The summed E-state index contributed by atoms with van der Waals surface area (Å²) in [5.74, 6) is 0.842. The number of aliphatic hydroxyl groups excluding tert-OH is 1. The lowest BCUT2D eigenvalue weighted by Crippen LogP contribution is -2.14. The smallest absolute Gasteiger partial charge is 0.119 e. The zero-order chi connectivity index (χ0) is 12.8. The quantitative estimate of drug-likeness (QED) is 0.871. The van der Waals surface area contributed by atoms with E-state index in [4.69, 9.17) is 4.74 Å². The van der Waals surface area contributed by atoms with Crippen molar-refractivity contribution in [2.24, 2.45) is 0 Å². The molecular formula is C14H17NO2S. The average molecular weight is 263 g/mol. The first-order chi connectivity index (χ1) is 8.74. The summed E-state index contributed by atoms with van der Waals surface area (Å²) in [6.45, 7) is 2.49. The molecule has 0 aliphatic carbocycles. The fourth-order valence-electron chi connectivity index (χ4n) is 1.63. The number of ether oxygens (including phenoxy) is 1. The van der Waals surface area contributed by atoms with Gasteiger partial charge < -0.3 is 9.84 Å². The van der Waals surface area contributed by atoms with E-state index in [1.807, 2.05) is 42.6 Å². The fraction of sp³-hybridized carbons (Fsp3) is 0.357. The molecule has 0 saturated carbocycles. The molecule has 1 unspecified atom stereocenters. The Morgan fingerprint density at radius 2 is 2.11 bits per heavy atom. The maximum absolute atomic E-state index is 9.88. The van der Waals surface area contributed by atoms with Crippen molar-refractivity contribution in [3.8, 4) is 5.75 Å². The first kappa shape index (κ1) is 13.1. The summed E-state index contributed by atoms with van der Waals surface area (Å²) in [7, 11) is 0. The van der Waals surface area contributed by atoms with Gasteiger partial charge in [0.15, 0.2) is 0 Å². The largest absolute Gasteiger partial charge is 0.493 e. The fourth-order valence-corrected chi connectivity index (χ4v) is 2.47. The van der Waals surface area contributed by atoms with Crippen LogP contribution in [-0.2, 0) is 6.42 Å². The van der Waals surface area contributed by atoms with Crippen LogP contribution >= 0.6 is 11.3 Å². The highest BCUT2D eigenvalue weighted by molar-refractivity contribution is 7.09. The first-order valence-corrected chi connectivity index (χ1v) is 6.89. The van der Waals surface area contributed by atoms with Gasteiger partial charge in [0, 0.05) is 23.9 Å². The van der Waals surface area contributed by atoms with Crippen molar-refractivity contribution < 1.29 is 9.84 Å². The van der Waals surface area contributed by atoms with Crippen LogP contribution in [0.15, 0.2) is 35.7 Å². The van der Waals surface area contributed by atoms with Gasteiger partial charge in [0.2, 0.25) is 0 Å². The summed E-state index contributed by atoms with van der Waals surface area (Å²) >= 11 is 1.60. The normalized spacial score (nSPS) is 12.3. The molecule has 0 aliphatic rings. The standard InChI is InChI=1S/C14H17NO2S/c1-11-10-18-14(15-11)9-12(16)7-8-17-13-5-3-2-4-6-13/h2-6,10,12,16H,7-9H2,1H3. The molecule has 2 aromatic rings. The van der Waals surface area contributed by atoms with Crippen LogP contribution in [0.2, 0.25) is 0 Å². The third-order valence-corrected chi connectivity index (χ3v) is 3.53. The minimum Gasteiger partial charge on any atom is -0.493 e. The van der Waals surface area contributed by atoms with E-state index in [2.05, 4.69) is 4.98 Å². The Bertz CT molecular complexity index is 470. The molecule has 1 aromatic carbocycles. The summed E-state index contributed by atoms with van der Waals surface area (Å²) in [6, 6.07) is 9.65. The van der Waals surface area contributed by atoms with Gasteiger partial charge in [-0.3, -0.25) is 0 Å². The number of aryl methyl sites for hydroxylation is 1. The number of aliphatic hydroxyl groups is 1. The number of benzene rings is 1. The number of rotatable bonds is 6. The molecule has 0 radical (unpaired) electrons. The topological polar surface area (TPSA) is 42.4 Å². The summed E-state index contributed by atoms with van der Waals surface area (Å²) in [4.78, 5) is 4.33. The van der Waals surface area contributed by atoms with E-state index >= 15 is 0 Å². The van der Waals surface area contributed by atoms with E-state index in [0.717, 1.165) is 16.5 Å². The second-order valence-corrected chi connectivity index (χ2v) is 5.13. The lowest BCUT2D eigenvalue weighted by atomic mass is 10.2. The van der Waals surface area contributed by atoms with E-state index in [1.165, 1.54) is 0 Å². The molecule has 0 spiro atoms. The van der Waals surface area contributed by atoms with E-state index in [9.17, 15) is 5.11 Å². The number of para-hydroxylation sites is 1. The van der Waals surface area contributed by atoms with Crippen LogP contribution in [0.25, 0.3) is 0 Å². The highest BCUT2D eigenvalue weighted by Gasteiger charge is 2.08. The van der Waals surface area contributed by atoms with Gasteiger partial charge in [-0.25, -0.2) is 4.98 Å². The van der Waals surface area contributed by atoms with Crippen molar-refractivity contribution in [1.82, 2.24) is 4.98 Å². The monoisotopic (exact) mass is 263 g/mol. The lowest BCUT2D eigenvalue weighted by Gasteiger charge is -2.10. The molecule has 1 aromatic heterocycles. The Hall–Kier alpha value is -1.39. The second-order valence-electron chi connectivity index (χ2n) is 4.19. The Labute approximate surface area is 111 Å². The highest BCUT2D eigenvalue weighted by Crippen LogP contribution is 2.13. The van der Waals surface area contributed by atoms with Gasteiger partial charge in [0.05, 0.1) is 17.7 Å². The van der Waals surface area contributed by atoms with Gasteiger partial charge in [0.25, 0.3) is 0 Å². The maximum Gasteiger partial charge on any atom is 0.119 e. The van der Waals surface area contributed by atoms with Gasteiger partial charge >= 0.3 is 0 Å². The third-order valence-electron chi connectivity index (χ3n) is 2.54. The predicted octanol–water partition coefficient (Wildman–Crippen LogP) is 2.82. The molecule has 1 heterocycles. The first-order valence-electron chi connectivity index (χ1n) is 6.01. The van der Waals surface area contributed by atoms with Gasteiger partial charge in [-0.05, 0) is 19.1 Å². The van der Waals surface area contributed by atoms with Crippen LogP contribution in [0.3, 0.4) is 0 Å². The summed E-state index contributed by atoms with van der Waals surface area (Å²) < 4.78 is 5.54. The number of aromatic nitrogens is 1. The third kappa shape index (κ3) is 4.13. The van der Waals surface area contributed by atoms with Crippen molar-refractivity contribution in [2.45, 2.75) is 25.9 Å². The summed E-state index contributed by atoms with van der Waals surface area (Å²) in [5.41, 5.74) is 1.02. The molecule has 96 valence electrons. The Morgan fingerprint density at radius 3 is 2.78 bits per heavy atom. The molecule has 0 saturated heterocycles. The van der Waals surface area contributed by atoms with Crippen LogP contribution in [0.5, 0.6) is 5.75 Å². The molecule has 0 amide bonds. The van der Waals surface area contributed by atoms with Crippen LogP contribution < -0.4 is 4.74 Å². The van der Waals surface area contributed by atoms with Crippen LogP contribution in [0.1, 0.15) is 17.1 Å². The van der Waals surface area contributed by atoms with Gasteiger partial charge in [0.1, 0.15) is 5.75 Å². The molecule has 4 heteroatoms. The van der Waals surface area contributed by atoms with Gasteiger partial charge in [-0.2, -0.15) is 0 Å². The highest BCUT2D eigenvalue weighted by atomic mass is 32.1. The van der Waals surface area contributed by atoms with Gasteiger partial charge in [-0.15, -0.1) is 11.3 Å². The molecule has 0 aliphatic heterocycles. The van der Waals surface area contributed by atoms with E-state index in [1.54, 1.807) is 11.3 Å². The van der Waals surface area contributed by atoms with Crippen LogP contribution in [-0.4, -0.2) is 22.8 Å². The van der Waals surface area contributed by atoms with Crippen molar-refractivity contribution in [3.63, 3.8) is 0 Å². The van der Waals surface area contributed by atoms with Crippen LogP contribution in [0, 0.1) is 6.92 Å². The molecular weight excluding hydrogens is 246 g/mol. The van der Waals surface area contributed by atoms with Gasteiger partial charge in [-0.1, -0.05) is 18.2 Å². The molecule has 1 atom stereocenters. The maximum atomic E-state index is 9.88. The van der Waals surface area contributed by atoms with Crippen molar-refractivity contribution >= 4 is 11.3 Å². The van der Waals surface area contributed by atoms with E-state index in [-0.39, 0.29) is 6.10 Å². The Morgan fingerprint density at radius 1 is 1.33 bits per heavy atom. The zero-order valence-electron chi connectivity index (χ0n) is 10.4. The zero-order valence-corrected chi connectivity index (χ0v) is 11.2. The number of nitrogens with zero attached hydrogens (tertiary/aromatic N) is 1. The van der Waals surface area contributed by atoms with Crippen LogP contribution in [0.4, 0.5) is 0 Å². The van der Waals surface area contributed by atoms with Crippen molar-refractivity contribution in [3.05, 3.63) is 46.4 Å². The molecule has 1 N–H and O–H groups in total.